The molecule has 0 saturated carbocycles. The summed E-state index contributed by atoms with van der Waals surface area (Å²) in [4.78, 5) is 15.9. The minimum Gasteiger partial charge on any atom is -0.393 e. The summed E-state index contributed by atoms with van der Waals surface area (Å²) in [7, 11) is 0. The number of carbonyl (C=O) groups excluding carboxylic acids is 1. The number of aliphatic hydroxyl groups excluding tert-OH is 1. The van der Waals surface area contributed by atoms with Gasteiger partial charge < -0.3 is 10.4 Å². The number of carbonyl (C=O) groups is 1. The Morgan fingerprint density at radius 3 is 2.75 bits per heavy atom. The highest BCUT2D eigenvalue weighted by atomic mass is 35.5. The zero-order valence-corrected chi connectivity index (χ0v) is 14.3. The quantitative estimate of drug-likeness (QED) is 0.597. The number of halogens is 1. The molecule has 0 radical (unpaired) electrons. The van der Waals surface area contributed by atoms with Gasteiger partial charge in [0.25, 0.3) is 0 Å². The van der Waals surface area contributed by atoms with Crippen molar-refractivity contribution in [3.05, 3.63) is 71.0 Å². The molecule has 0 bridgehead atoms. The van der Waals surface area contributed by atoms with Crippen LogP contribution in [0.2, 0.25) is 5.15 Å². The monoisotopic (exact) mass is 344 g/mol. The van der Waals surface area contributed by atoms with Gasteiger partial charge in [0.05, 0.1) is 6.10 Å². The van der Waals surface area contributed by atoms with Gasteiger partial charge in [-0.05, 0) is 42.7 Å². The molecule has 24 heavy (non-hydrogen) atoms. The summed E-state index contributed by atoms with van der Waals surface area (Å²) in [6, 6.07) is 13.3. The van der Waals surface area contributed by atoms with Crippen molar-refractivity contribution in [3.63, 3.8) is 0 Å². The van der Waals surface area contributed by atoms with Gasteiger partial charge in [-0.15, -0.1) is 0 Å². The fraction of sp³-hybridized carbons (Fsp3) is 0.263. The fourth-order valence-electron chi connectivity index (χ4n) is 2.45. The molecule has 0 aliphatic carbocycles. The first-order chi connectivity index (χ1) is 11.5. The molecule has 1 aromatic carbocycles. The summed E-state index contributed by atoms with van der Waals surface area (Å²) in [5.41, 5.74) is 1.91. The van der Waals surface area contributed by atoms with E-state index < -0.39 is 6.10 Å². The number of pyridine rings is 1. The third-order valence-corrected chi connectivity index (χ3v) is 3.80. The lowest BCUT2D eigenvalue weighted by Gasteiger charge is -2.19. The predicted octanol–water partition coefficient (Wildman–Crippen LogP) is 3.42. The molecule has 0 fully saturated rings. The molecular weight excluding hydrogens is 324 g/mol. The molecule has 4 nitrogen and oxygen atoms in total. The zero-order valence-electron chi connectivity index (χ0n) is 13.5. The van der Waals surface area contributed by atoms with Crippen molar-refractivity contribution in [2.75, 3.05) is 6.54 Å². The molecular formula is C19H21ClN2O2. The van der Waals surface area contributed by atoms with Crippen molar-refractivity contribution >= 4 is 23.6 Å². The van der Waals surface area contributed by atoms with E-state index in [1.54, 1.807) is 31.3 Å². The second kappa shape index (κ2) is 9.21. The van der Waals surface area contributed by atoms with E-state index >= 15 is 0 Å². The highest BCUT2D eigenvalue weighted by Crippen LogP contribution is 2.20. The third kappa shape index (κ3) is 6.14. The van der Waals surface area contributed by atoms with Crippen molar-refractivity contribution in [2.24, 2.45) is 0 Å². The number of nitrogens with one attached hydrogen (secondary N) is 1. The van der Waals surface area contributed by atoms with Gasteiger partial charge in [0.1, 0.15) is 5.15 Å². The standard InChI is InChI=1S/C19H21ClN2O2/c1-14(23)11-17(16-5-3-2-4-6-16)13-22-19(24)8-7-15-9-10-21-18(20)12-15/h2-10,12,14,17,23H,11,13H2,1H3,(H,22,24)/b8-7+. The lowest BCUT2D eigenvalue weighted by molar-refractivity contribution is -0.116. The van der Waals surface area contributed by atoms with Gasteiger partial charge >= 0.3 is 0 Å². The van der Waals surface area contributed by atoms with Gasteiger partial charge in [-0.2, -0.15) is 0 Å². The number of benzene rings is 1. The van der Waals surface area contributed by atoms with Crippen LogP contribution >= 0.6 is 11.6 Å². The molecule has 2 rings (SSSR count). The molecule has 2 N–H and O–H groups in total. The number of amides is 1. The number of hydrogen-bond acceptors (Lipinski definition) is 3. The predicted molar refractivity (Wildman–Crippen MR) is 96.8 cm³/mol. The Kier molecular flexibility index (Phi) is 6.97. The van der Waals surface area contributed by atoms with Crippen LogP contribution in [0, 0.1) is 0 Å². The fourth-order valence-corrected chi connectivity index (χ4v) is 2.63. The minimum absolute atomic E-state index is 0.0684. The molecule has 0 aliphatic rings. The average molecular weight is 345 g/mol. The normalized spacial score (nSPS) is 13.6. The van der Waals surface area contributed by atoms with Crippen molar-refractivity contribution in [1.29, 1.82) is 0 Å². The summed E-state index contributed by atoms with van der Waals surface area (Å²) in [5, 5.41) is 13.0. The molecule has 1 heterocycles. The van der Waals surface area contributed by atoms with E-state index in [4.69, 9.17) is 11.6 Å². The lowest BCUT2D eigenvalue weighted by Crippen LogP contribution is -2.28. The average Bonchev–Trinajstić information content (AvgIpc) is 2.57. The Hall–Kier alpha value is -2.17. The molecule has 0 spiro atoms. The first kappa shape index (κ1) is 18.2. The SMILES string of the molecule is CC(O)CC(CNC(=O)/C=C/c1ccnc(Cl)c1)c1ccccc1. The minimum atomic E-state index is -0.429. The molecule has 1 amide bonds. The van der Waals surface area contributed by atoms with Crippen molar-refractivity contribution < 1.29 is 9.90 Å². The third-order valence-electron chi connectivity index (χ3n) is 3.60. The Morgan fingerprint density at radius 1 is 1.33 bits per heavy atom. The van der Waals surface area contributed by atoms with Crippen LogP contribution in [0.25, 0.3) is 6.08 Å². The van der Waals surface area contributed by atoms with Crippen LogP contribution in [0.5, 0.6) is 0 Å². The van der Waals surface area contributed by atoms with E-state index in [9.17, 15) is 9.90 Å². The second-order valence-electron chi connectivity index (χ2n) is 5.68. The Balaban J connectivity index is 1.94. The summed E-state index contributed by atoms with van der Waals surface area (Å²) >= 11 is 5.81. The topological polar surface area (TPSA) is 62.2 Å². The largest absolute Gasteiger partial charge is 0.393 e. The zero-order chi connectivity index (χ0) is 17.4. The first-order valence-corrected chi connectivity index (χ1v) is 8.23. The number of hydrogen-bond donors (Lipinski definition) is 2. The molecule has 1 aromatic heterocycles. The highest BCUT2D eigenvalue weighted by Gasteiger charge is 2.14. The van der Waals surface area contributed by atoms with Crippen molar-refractivity contribution in [2.45, 2.75) is 25.4 Å². The van der Waals surface area contributed by atoms with Crippen molar-refractivity contribution in [3.8, 4) is 0 Å². The maximum Gasteiger partial charge on any atom is 0.244 e. The summed E-state index contributed by atoms with van der Waals surface area (Å²) in [6.07, 6.45) is 4.91. The van der Waals surface area contributed by atoms with Crippen LogP contribution in [0.1, 0.15) is 30.4 Å². The van der Waals surface area contributed by atoms with E-state index in [1.807, 2.05) is 30.3 Å². The smallest absolute Gasteiger partial charge is 0.244 e. The van der Waals surface area contributed by atoms with Crippen LogP contribution in [0.4, 0.5) is 0 Å². The maximum atomic E-state index is 12.0. The van der Waals surface area contributed by atoms with Crippen LogP contribution in [0.15, 0.2) is 54.7 Å². The number of rotatable bonds is 7. The van der Waals surface area contributed by atoms with E-state index in [0.29, 0.717) is 18.1 Å². The van der Waals surface area contributed by atoms with Gasteiger partial charge in [-0.3, -0.25) is 4.79 Å². The van der Waals surface area contributed by atoms with Crippen LogP contribution < -0.4 is 5.32 Å². The molecule has 126 valence electrons. The Morgan fingerprint density at radius 2 is 2.08 bits per heavy atom. The van der Waals surface area contributed by atoms with Gasteiger partial charge in [-0.25, -0.2) is 4.98 Å². The molecule has 2 unspecified atom stereocenters. The van der Waals surface area contributed by atoms with Crippen LogP contribution in [-0.2, 0) is 4.79 Å². The van der Waals surface area contributed by atoms with E-state index in [-0.39, 0.29) is 11.8 Å². The molecule has 2 atom stereocenters. The van der Waals surface area contributed by atoms with Gasteiger partial charge in [0, 0.05) is 24.7 Å². The van der Waals surface area contributed by atoms with Gasteiger partial charge in [0.15, 0.2) is 0 Å². The Bertz CT molecular complexity index is 687. The van der Waals surface area contributed by atoms with Crippen molar-refractivity contribution in [1.82, 2.24) is 10.3 Å². The Labute approximate surface area is 147 Å². The highest BCUT2D eigenvalue weighted by molar-refractivity contribution is 6.29. The summed E-state index contributed by atoms with van der Waals surface area (Å²) in [5.74, 6) is -0.117. The van der Waals surface area contributed by atoms with Gasteiger partial charge in [0.2, 0.25) is 5.91 Å². The van der Waals surface area contributed by atoms with Crippen LogP contribution in [-0.4, -0.2) is 28.6 Å². The van der Waals surface area contributed by atoms with Gasteiger partial charge in [-0.1, -0.05) is 41.9 Å². The molecule has 0 saturated heterocycles. The lowest BCUT2D eigenvalue weighted by atomic mass is 9.93. The maximum absolute atomic E-state index is 12.0. The molecule has 2 aromatic rings. The summed E-state index contributed by atoms with van der Waals surface area (Å²) in [6.45, 7) is 2.22. The first-order valence-electron chi connectivity index (χ1n) is 7.85. The number of aromatic nitrogens is 1. The summed E-state index contributed by atoms with van der Waals surface area (Å²) < 4.78 is 0. The number of nitrogens with zero attached hydrogens (tertiary/aromatic N) is 1. The molecule has 0 aliphatic heterocycles. The van der Waals surface area contributed by atoms with E-state index in [1.165, 1.54) is 6.08 Å². The van der Waals surface area contributed by atoms with E-state index in [0.717, 1.165) is 11.1 Å². The molecule has 5 heteroatoms. The number of aliphatic hydroxyl groups is 1. The van der Waals surface area contributed by atoms with E-state index in [2.05, 4.69) is 10.3 Å². The van der Waals surface area contributed by atoms with Crippen LogP contribution in [0.3, 0.4) is 0 Å². The second-order valence-corrected chi connectivity index (χ2v) is 6.07.